The van der Waals surface area contributed by atoms with Gasteiger partial charge in [-0.25, -0.2) is 4.79 Å². The third kappa shape index (κ3) is 4.75. The van der Waals surface area contributed by atoms with Gasteiger partial charge in [0.1, 0.15) is 0 Å². The Bertz CT molecular complexity index is 1240. The Morgan fingerprint density at radius 3 is 2.52 bits per heavy atom. The fraction of sp³-hybridized carbons (Fsp3) is 0.125. The fourth-order valence-corrected chi connectivity index (χ4v) is 3.60. The van der Waals surface area contributed by atoms with Crippen LogP contribution in [0.4, 0.5) is 5.69 Å². The van der Waals surface area contributed by atoms with Crippen molar-refractivity contribution < 1.29 is 28.6 Å². The molecule has 0 fully saturated rings. The molecular formula is C24H19ClN2O6. The first-order valence-electron chi connectivity index (χ1n) is 9.92. The second-order valence-electron chi connectivity index (χ2n) is 7.02. The molecule has 0 saturated heterocycles. The Labute approximate surface area is 194 Å². The SMILES string of the molecule is COC(=O)c1ccccc1NC(=O)c1cccc(Cl)c1C(=O)NCc1ccc2c(c1)OCO2. The molecule has 0 saturated carbocycles. The molecule has 1 aliphatic rings. The molecule has 0 radical (unpaired) electrons. The normalized spacial score (nSPS) is 11.6. The summed E-state index contributed by atoms with van der Waals surface area (Å²) in [6, 6.07) is 16.3. The maximum atomic E-state index is 13.0. The summed E-state index contributed by atoms with van der Waals surface area (Å²) in [6.45, 7) is 0.343. The lowest BCUT2D eigenvalue weighted by Gasteiger charge is -2.14. The molecular weight excluding hydrogens is 448 g/mol. The van der Waals surface area contributed by atoms with Crippen LogP contribution in [0.5, 0.6) is 11.5 Å². The van der Waals surface area contributed by atoms with E-state index in [9.17, 15) is 14.4 Å². The molecule has 8 nitrogen and oxygen atoms in total. The van der Waals surface area contributed by atoms with Gasteiger partial charge in [0.15, 0.2) is 11.5 Å². The monoisotopic (exact) mass is 466 g/mol. The molecule has 2 amide bonds. The highest BCUT2D eigenvalue weighted by atomic mass is 35.5. The molecule has 9 heteroatoms. The van der Waals surface area contributed by atoms with E-state index in [0.717, 1.165) is 5.56 Å². The predicted molar refractivity (Wildman–Crippen MR) is 121 cm³/mol. The lowest BCUT2D eigenvalue weighted by Crippen LogP contribution is -2.27. The molecule has 1 heterocycles. The quantitative estimate of drug-likeness (QED) is 0.531. The minimum absolute atomic E-state index is 0.0213. The molecule has 2 N–H and O–H groups in total. The van der Waals surface area contributed by atoms with E-state index in [0.29, 0.717) is 11.5 Å². The zero-order valence-electron chi connectivity index (χ0n) is 17.5. The third-order valence-electron chi connectivity index (χ3n) is 4.96. The Hall–Kier alpha value is -4.04. The average molecular weight is 467 g/mol. The largest absolute Gasteiger partial charge is 0.465 e. The van der Waals surface area contributed by atoms with Gasteiger partial charge >= 0.3 is 5.97 Å². The van der Waals surface area contributed by atoms with Gasteiger partial charge in [-0.05, 0) is 42.0 Å². The molecule has 0 aromatic heterocycles. The van der Waals surface area contributed by atoms with Crippen molar-refractivity contribution in [1.29, 1.82) is 0 Å². The van der Waals surface area contributed by atoms with Crippen molar-refractivity contribution in [3.05, 3.63) is 87.9 Å². The van der Waals surface area contributed by atoms with Crippen LogP contribution in [-0.2, 0) is 11.3 Å². The smallest absolute Gasteiger partial charge is 0.339 e. The number of para-hydroxylation sites is 1. The van der Waals surface area contributed by atoms with Crippen molar-refractivity contribution in [3.8, 4) is 11.5 Å². The molecule has 0 atom stereocenters. The topological polar surface area (TPSA) is 103 Å². The number of halogens is 1. The summed E-state index contributed by atoms with van der Waals surface area (Å²) < 4.78 is 15.4. The Morgan fingerprint density at radius 1 is 0.939 bits per heavy atom. The number of nitrogens with one attached hydrogen (secondary N) is 2. The maximum Gasteiger partial charge on any atom is 0.339 e. The van der Waals surface area contributed by atoms with Gasteiger partial charge in [-0.15, -0.1) is 0 Å². The van der Waals surface area contributed by atoms with E-state index in [1.807, 2.05) is 0 Å². The molecule has 0 bridgehead atoms. The number of rotatable bonds is 6. The fourth-order valence-electron chi connectivity index (χ4n) is 3.34. The van der Waals surface area contributed by atoms with Crippen LogP contribution in [0.15, 0.2) is 60.7 Å². The van der Waals surface area contributed by atoms with Gasteiger partial charge in [0.2, 0.25) is 6.79 Å². The van der Waals surface area contributed by atoms with Gasteiger partial charge < -0.3 is 24.8 Å². The second-order valence-corrected chi connectivity index (χ2v) is 7.43. The molecule has 1 aliphatic heterocycles. The van der Waals surface area contributed by atoms with Crippen LogP contribution in [0.2, 0.25) is 5.02 Å². The predicted octanol–water partition coefficient (Wildman–Crippen LogP) is 4.04. The van der Waals surface area contributed by atoms with Crippen LogP contribution in [0.25, 0.3) is 0 Å². The van der Waals surface area contributed by atoms with Gasteiger partial charge in [-0.3, -0.25) is 9.59 Å². The van der Waals surface area contributed by atoms with E-state index < -0.39 is 17.8 Å². The zero-order chi connectivity index (χ0) is 23.4. The summed E-state index contributed by atoms with van der Waals surface area (Å²) in [4.78, 5) is 38.0. The number of anilines is 1. The number of hydrogen-bond donors (Lipinski definition) is 2. The van der Waals surface area contributed by atoms with Crippen molar-refractivity contribution in [2.24, 2.45) is 0 Å². The standard InChI is InChI=1S/C24H19ClN2O6/c1-31-24(30)15-5-2-3-8-18(15)27-22(28)16-6-4-7-17(25)21(16)23(29)26-12-14-9-10-19-20(11-14)33-13-32-19/h2-11H,12-13H2,1H3,(H,26,29)(H,27,28). The second kappa shape index (κ2) is 9.62. The molecule has 168 valence electrons. The average Bonchev–Trinajstić information content (AvgIpc) is 3.30. The number of amides is 2. The van der Waals surface area contributed by atoms with Gasteiger partial charge in [-0.1, -0.05) is 35.9 Å². The van der Waals surface area contributed by atoms with E-state index in [-0.39, 0.29) is 40.7 Å². The highest BCUT2D eigenvalue weighted by Crippen LogP contribution is 2.32. The Balaban J connectivity index is 1.54. The number of carbonyl (C=O) groups is 3. The Morgan fingerprint density at radius 2 is 1.70 bits per heavy atom. The zero-order valence-corrected chi connectivity index (χ0v) is 18.3. The summed E-state index contributed by atoms with van der Waals surface area (Å²) in [5.41, 5.74) is 1.31. The van der Waals surface area contributed by atoms with Crippen LogP contribution >= 0.6 is 11.6 Å². The first kappa shape index (κ1) is 22.2. The van der Waals surface area contributed by atoms with Crippen LogP contribution < -0.4 is 20.1 Å². The minimum Gasteiger partial charge on any atom is -0.465 e. The highest BCUT2D eigenvalue weighted by molar-refractivity contribution is 6.35. The van der Waals surface area contributed by atoms with E-state index in [4.69, 9.17) is 25.8 Å². The van der Waals surface area contributed by atoms with Crippen molar-refractivity contribution >= 4 is 35.1 Å². The van der Waals surface area contributed by atoms with Crippen LogP contribution in [0.1, 0.15) is 36.6 Å². The van der Waals surface area contributed by atoms with Gasteiger partial charge in [-0.2, -0.15) is 0 Å². The number of methoxy groups -OCH3 is 1. The van der Waals surface area contributed by atoms with E-state index in [2.05, 4.69) is 10.6 Å². The molecule has 3 aromatic carbocycles. The van der Waals surface area contributed by atoms with Crippen molar-refractivity contribution in [2.75, 3.05) is 19.2 Å². The Kier molecular flexibility index (Phi) is 6.46. The number of carbonyl (C=O) groups excluding carboxylic acids is 3. The van der Waals surface area contributed by atoms with Crippen LogP contribution in [0.3, 0.4) is 0 Å². The van der Waals surface area contributed by atoms with Crippen molar-refractivity contribution in [1.82, 2.24) is 5.32 Å². The molecule has 33 heavy (non-hydrogen) atoms. The van der Waals surface area contributed by atoms with Crippen LogP contribution in [-0.4, -0.2) is 31.7 Å². The van der Waals surface area contributed by atoms with Gasteiger partial charge in [0.05, 0.1) is 34.5 Å². The van der Waals surface area contributed by atoms with E-state index in [1.54, 1.807) is 42.5 Å². The lowest BCUT2D eigenvalue weighted by atomic mass is 10.0. The number of ether oxygens (including phenoxy) is 3. The van der Waals surface area contributed by atoms with Crippen LogP contribution in [0, 0.1) is 0 Å². The van der Waals surface area contributed by atoms with Crippen molar-refractivity contribution in [2.45, 2.75) is 6.54 Å². The first-order chi connectivity index (χ1) is 16.0. The molecule has 3 aromatic rings. The number of esters is 1. The molecule has 4 rings (SSSR count). The number of fused-ring (bicyclic) bond motifs is 1. The first-order valence-corrected chi connectivity index (χ1v) is 10.3. The molecule has 0 unspecified atom stereocenters. The van der Waals surface area contributed by atoms with E-state index in [1.165, 1.54) is 25.3 Å². The highest BCUT2D eigenvalue weighted by Gasteiger charge is 2.22. The molecule has 0 aliphatic carbocycles. The third-order valence-corrected chi connectivity index (χ3v) is 5.27. The summed E-state index contributed by atoms with van der Waals surface area (Å²) >= 11 is 6.28. The van der Waals surface area contributed by atoms with Crippen molar-refractivity contribution in [3.63, 3.8) is 0 Å². The minimum atomic E-state index is -0.598. The number of hydrogen-bond acceptors (Lipinski definition) is 6. The lowest BCUT2D eigenvalue weighted by molar-refractivity contribution is 0.0601. The number of benzene rings is 3. The van der Waals surface area contributed by atoms with Gasteiger partial charge in [0, 0.05) is 6.54 Å². The summed E-state index contributed by atoms with van der Waals surface area (Å²) in [7, 11) is 1.25. The molecule has 0 spiro atoms. The maximum absolute atomic E-state index is 13.0. The van der Waals surface area contributed by atoms with Gasteiger partial charge in [0.25, 0.3) is 11.8 Å². The van der Waals surface area contributed by atoms with E-state index >= 15 is 0 Å². The summed E-state index contributed by atoms with van der Waals surface area (Å²) in [5, 5.41) is 5.55. The summed E-state index contributed by atoms with van der Waals surface area (Å²) in [6.07, 6.45) is 0. The summed E-state index contributed by atoms with van der Waals surface area (Å²) in [5.74, 6) is -0.475.